The maximum Gasteiger partial charge on any atom is 0.475 e. The second kappa shape index (κ2) is 36.8. The van der Waals surface area contributed by atoms with E-state index in [0.717, 1.165) is 51.4 Å². The molecule has 4 atom stereocenters. The van der Waals surface area contributed by atoms with Gasteiger partial charge in [-0.25, -0.2) is 9.09 Å². The molecular weight excluding hydrogens is 649 g/mol. The molecule has 3 N–H and O–H groups in total. The number of carbonyl (C=O) groups excluding carboxylic acids is 1. The number of phosphoric ester groups is 1. The maximum atomic E-state index is 13.4. The maximum absolute atomic E-state index is 13.4. The predicted octanol–water partition coefficient (Wildman–Crippen LogP) is 12.7. The van der Waals surface area contributed by atoms with Crippen LogP contribution in [0.2, 0.25) is 0 Å². The highest BCUT2D eigenvalue weighted by atomic mass is 31.2. The van der Waals surface area contributed by atoms with E-state index in [1.54, 1.807) is 6.92 Å². The van der Waals surface area contributed by atoms with Crippen molar-refractivity contribution in [1.82, 2.24) is 0 Å². The SMILES string of the molecule is CCCCCCCCCCCCCCCCO[C@H](C)C(OC(=O)C(CCCC)CCCCCCCCCCCCCC)OP(=O)(O)OCCN. The third-order valence-corrected chi connectivity index (χ3v) is 10.7. The molecule has 9 heteroatoms. The Labute approximate surface area is 310 Å². The molecule has 0 heterocycles. The molecule has 0 radical (unpaired) electrons. The minimum absolute atomic E-state index is 0.0711. The summed E-state index contributed by atoms with van der Waals surface area (Å²) in [7, 11) is -4.49. The van der Waals surface area contributed by atoms with Crippen LogP contribution in [0.4, 0.5) is 0 Å². The minimum atomic E-state index is -4.49. The van der Waals surface area contributed by atoms with Gasteiger partial charge < -0.3 is 20.1 Å². The fourth-order valence-electron chi connectivity index (χ4n) is 6.45. The van der Waals surface area contributed by atoms with E-state index < -0.39 is 26.2 Å². The first-order valence-electron chi connectivity index (χ1n) is 21.5. The third kappa shape index (κ3) is 32.2. The highest BCUT2D eigenvalue weighted by molar-refractivity contribution is 7.47. The predicted molar refractivity (Wildman–Crippen MR) is 210 cm³/mol. The molecule has 0 rings (SSSR count). The van der Waals surface area contributed by atoms with E-state index in [1.807, 2.05) is 0 Å². The van der Waals surface area contributed by atoms with Crippen LogP contribution < -0.4 is 5.73 Å². The van der Waals surface area contributed by atoms with Crippen LogP contribution in [0.5, 0.6) is 0 Å². The van der Waals surface area contributed by atoms with Gasteiger partial charge in [0.05, 0.1) is 12.5 Å². The Hall–Kier alpha value is -0.500. The summed E-state index contributed by atoms with van der Waals surface area (Å²) in [6.07, 6.45) is 34.4. The van der Waals surface area contributed by atoms with Crippen LogP contribution in [0, 0.1) is 5.92 Å². The number of esters is 1. The molecule has 50 heavy (non-hydrogen) atoms. The fourth-order valence-corrected chi connectivity index (χ4v) is 7.32. The van der Waals surface area contributed by atoms with Gasteiger partial charge >= 0.3 is 13.8 Å². The molecule has 0 bridgehead atoms. The second-order valence-electron chi connectivity index (χ2n) is 14.7. The van der Waals surface area contributed by atoms with Gasteiger partial charge in [0.25, 0.3) is 0 Å². The molecule has 3 unspecified atom stereocenters. The number of nitrogens with two attached hydrogens (primary N) is 1. The van der Waals surface area contributed by atoms with Gasteiger partial charge in [-0.2, -0.15) is 0 Å². The molecule has 8 nitrogen and oxygen atoms in total. The normalized spacial score (nSPS) is 14.8. The Balaban J connectivity index is 4.60. The Morgan fingerprint density at radius 1 is 0.580 bits per heavy atom. The van der Waals surface area contributed by atoms with Crippen LogP contribution in [0.25, 0.3) is 0 Å². The summed E-state index contributed by atoms with van der Waals surface area (Å²) >= 11 is 0. The zero-order chi connectivity index (χ0) is 37.0. The van der Waals surface area contributed by atoms with Gasteiger partial charge in [0.2, 0.25) is 6.29 Å². The molecular formula is C41H84NO7P. The quantitative estimate of drug-likeness (QED) is 0.0277. The lowest BCUT2D eigenvalue weighted by Gasteiger charge is -2.27. The van der Waals surface area contributed by atoms with Crippen LogP contribution >= 0.6 is 7.82 Å². The van der Waals surface area contributed by atoms with Crippen LogP contribution in [-0.4, -0.2) is 43.0 Å². The Morgan fingerprint density at radius 3 is 1.38 bits per heavy atom. The summed E-state index contributed by atoms with van der Waals surface area (Å²) in [6, 6.07) is 0. The molecule has 0 aromatic carbocycles. The molecule has 0 spiro atoms. The van der Waals surface area contributed by atoms with Crippen molar-refractivity contribution in [1.29, 1.82) is 0 Å². The minimum Gasteiger partial charge on any atom is -0.432 e. The van der Waals surface area contributed by atoms with Crippen molar-refractivity contribution in [2.75, 3.05) is 19.8 Å². The number of hydrogen-bond donors (Lipinski definition) is 2. The van der Waals surface area contributed by atoms with Crippen molar-refractivity contribution >= 4 is 13.8 Å². The average molecular weight is 734 g/mol. The molecule has 0 saturated heterocycles. The van der Waals surface area contributed by atoms with E-state index in [0.29, 0.717) is 6.61 Å². The standard InChI is InChI=1S/C41H84NO7P/c1-5-8-11-13-15-17-19-21-22-24-26-28-30-32-36-46-38(4)41(49-50(44,45)47-37-35-42)48-40(43)39(33-10-7-3)34-31-29-27-25-23-20-18-16-14-12-9-6-2/h38-39,41H,5-37,42H2,1-4H3,(H,44,45)/t38-,39?,41?/m1/s1. The number of rotatable bonds is 40. The van der Waals surface area contributed by atoms with E-state index >= 15 is 0 Å². The number of hydrogen-bond acceptors (Lipinski definition) is 7. The Morgan fingerprint density at radius 2 is 0.960 bits per heavy atom. The summed E-state index contributed by atoms with van der Waals surface area (Å²) < 4.78 is 34.8. The number of carbonyl (C=O) groups is 1. The van der Waals surface area contributed by atoms with Crippen LogP contribution in [0.1, 0.15) is 220 Å². The van der Waals surface area contributed by atoms with Crippen molar-refractivity contribution < 1.29 is 32.8 Å². The topological polar surface area (TPSA) is 117 Å². The second-order valence-corrected chi connectivity index (χ2v) is 16.1. The number of phosphoric acid groups is 1. The van der Waals surface area contributed by atoms with Crippen LogP contribution in [-0.2, 0) is 27.9 Å². The largest absolute Gasteiger partial charge is 0.475 e. The first kappa shape index (κ1) is 49.5. The van der Waals surface area contributed by atoms with Gasteiger partial charge in [-0.05, 0) is 26.2 Å². The Kier molecular flexibility index (Phi) is 36.5. The smallest absolute Gasteiger partial charge is 0.432 e. The lowest BCUT2D eigenvalue weighted by atomic mass is 9.95. The molecule has 0 fully saturated rings. The van der Waals surface area contributed by atoms with E-state index in [-0.39, 0.29) is 19.1 Å². The van der Waals surface area contributed by atoms with Gasteiger partial charge in [0.1, 0.15) is 6.10 Å². The number of ether oxygens (including phenoxy) is 2. The average Bonchev–Trinajstić information content (AvgIpc) is 3.10. The molecule has 0 amide bonds. The van der Waals surface area contributed by atoms with Gasteiger partial charge in [-0.15, -0.1) is 0 Å². The van der Waals surface area contributed by atoms with E-state index in [1.165, 1.54) is 141 Å². The molecule has 0 aliphatic carbocycles. The summed E-state index contributed by atoms with van der Waals surface area (Å²) in [5, 5.41) is 0. The van der Waals surface area contributed by atoms with Crippen molar-refractivity contribution in [3.8, 4) is 0 Å². The molecule has 0 saturated carbocycles. The summed E-state index contributed by atoms with van der Waals surface area (Å²) in [5.41, 5.74) is 5.46. The zero-order valence-corrected chi connectivity index (χ0v) is 34.4. The fraction of sp³-hybridized carbons (Fsp3) is 0.976. The van der Waals surface area contributed by atoms with Crippen molar-refractivity contribution in [3.05, 3.63) is 0 Å². The molecule has 0 aromatic rings. The van der Waals surface area contributed by atoms with Gasteiger partial charge in [-0.1, -0.05) is 194 Å². The lowest BCUT2D eigenvalue weighted by Crippen LogP contribution is -2.36. The van der Waals surface area contributed by atoms with E-state index in [2.05, 4.69) is 20.8 Å². The highest BCUT2D eigenvalue weighted by Gasteiger charge is 2.35. The van der Waals surface area contributed by atoms with E-state index in [9.17, 15) is 14.3 Å². The van der Waals surface area contributed by atoms with E-state index in [4.69, 9.17) is 24.3 Å². The highest BCUT2D eigenvalue weighted by Crippen LogP contribution is 2.45. The van der Waals surface area contributed by atoms with Crippen molar-refractivity contribution in [2.45, 2.75) is 233 Å². The first-order valence-corrected chi connectivity index (χ1v) is 23.0. The van der Waals surface area contributed by atoms with Crippen molar-refractivity contribution in [2.24, 2.45) is 11.7 Å². The van der Waals surface area contributed by atoms with Gasteiger partial charge in [0, 0.05) is 13.2 Å². The number of unbranched alkanes of at least 4 members (excludes halogenated alkanes) is 25. The monoisotopic (exact) mass is 734 g/mol. The zero-order valence-electron chi connectivity index (χ0n) is 33.5. The molecule has 0 aromatic heterocycles. The van der Waals surface area contributed by atoms with Gasteiger partial charge in [-0.3, -0.25) is 9.32 Å². The summed E-state index contributed by atoms with van der Waals surface area (Å²) in [6.45, 7) is 8.76. The molecule has 0 aliphatic rings. The van der Waals surface area contributed by atoms with Crippen molar-refractivity contribution in [3.63, 3.8) is 0 Å². The van der Waals surface area contributed by atoms with Crippen LogP contribution in [0.3, 0.4) is 0 Å². The Bertz CT molecular complexity index is 771. The lowest BCUT2D eigenvalue weighted by molar-refractivity contribution is -0.192. The summed E-state index contributed by atoms with van der Waals surface area (Å²) in [4.78, 5) is 23.7. The third-order valence-electron chi connectivity index (χ3n) is 9.75. The molecule has 300 valence electrons. The van der Waals surface area contributed by atoms with Crippen LogP contribution in [0.15, 0.2) is 0 Å². The molecule has 0 aliphatic heterocycles. The van der Waals surface area contributed by atoms with Gasteiger partial charge in [0.15, 0.2) is 0 Å². The summed E-state index contributed by atoms with van der Waals surface area (Å²) in [5.74, 6) is -0.664. The first-order chi connectivity index (χ1) is 24.3.